The third-order valence-corrected chi connectivity index (χ3v) is 2.00. The number of hydrogen-bond donors (Lipinski definition) is 2. The Morgan fingerprint density at radius 1 is 1.62 bits per heavy atom. The summed E-state index contributed by atoms with van der Waals surface area (Å²) in [4.78, 5) is 21.7. The lowest BCUT2D eigenvalue weighted by Crippen LogP contribution is -2.30. The molecule has 0 fully saturated rings. The maximum absolute atomic E-state index is 11.4. The minimum absolute atomic E-state index is 0.0459. The first-order valence-electron chi connectivity index (χ1n) is 4.95. The van der Waals surface area contributed by atoms with Gasteiger partial charge in [0.1, 0.15) is 6.26 Å². The van der Waals surface area contributed by atoms with E-state index in [1.807, 2.05) is 0 Å². The molecule has 6 heteroatoms. The fourth-order valence-corrected chi connectivity index (χ4v) is 1.21. The summed E-state index contributed by atoms with van der Waals surface area (Å²) in [7, 11) is 0. The minimum Gasteiger partial charge on any atom is -0.481 e. The number of hydrogen-bond acceptors (Lipinski definition) is 4. The number of aromatic nitrogens is 1. The predicted octanol–water partition coefficient (Wildman–Crippen LogP) is 0.444. The molecule has 0 radical (unpaired) electrons. The summed E-state index contributed by atoms with van der Waals surface area (Å²) in [6.07, 6.45) is 1.59. The normalized spacial score (nSPS) is 12.1. The lowest BCUT2D eigenvalue weighted by molar-refractivity contribution is -0.138. The van der Waals surface area contributed by atoms with Gasteiger partial charge in [0.25, 0.3) is 0 Å². The Bertz CT molecular complexity index is 348. The van der Waals surface area contributed by atoms with E-state index in [9.17, 15) is 9.59 Å². The highest BCUT2D eigenvalue weighted by atomic mass is 16.5. The largest absolute Gasteiger partial charge is 0.481 e. The summed E-state index contributed by atoms with van der Waals surface area (Å²) in [5.41, 5.74) is 0.559. The molecule has 2 N–H and O–H groups in total. The number of aliphatic carboxylic acids is 1. The zero-order valence-corrected chi connectivity index (χ0v) is 8.97. The van der Waals surface area contributed by atoms with Gasteiger partial charge in [-0.25, -0.2) is 0 Å². The lowest BCUT2D eigenvalue weighted by Gasteiger charge is -2.09. The van der Waals surface area contributed by atoms with E-state index in [1.165, 1.54) is 6.26 Å². The molecule has 1 amide bonds. The molecule has 0 saturated heterocycles. The lowest BCUT2D eigenvalue weighted by atomic mass is 10.1. The van der Waals surface area contributed by atoms with Crippen molar-refractivity contribution >= 4 is 11.9 Å². The Morgan fingerprint density at radius 2 is 2.38 bits per heavy atom. The quantitative estimate of drug-likeness (QED) is 0.734. The molecule has 6 nitrogen and oxygen atoms in total. The second-order valence-electron chi connectivity index (χ2n) is 3.67. The van der Waals surface area contributed by atoms with Crippen LogP contribution in [0.5, 0.6) is 0 Å². The molecule has 0 aliphatic carbocycles. The van der Waals surface area contributed by atoms with Crippen molar-refractivity contribution in [2.45, 2.75) is 19.8 Å². The topological polar surface area (TPSA) is 92.4 Å². The number of carboxylic acids is 1. The summed E-state index contributed by atoms with van der Waals surface area (Å²) in [5, 5.41) is 14.8. The summed E-state index contributed by atoms with van der Waals surface area (Å²) in [5.74, 6) is -1.14. The molecule has 0 saturated carbocycles. The SMILES string of the molecule is CC(CNC(=O)Cc1ccon1)CC(=O)O. The van der Waals surface area contributed by atoms with Crippen molar-refractivity contribution in [1.82, 2.24) is 10.5 Å². The Balaban J connectivity index is 2.22. The molecule has 0 bridgehead atoms. The number of carbonyl (C=O) groups excluding carboxylic acids is 1. The summed E-state index contributed by atoms with van der Waals surface area (Å²) in [6.45, 7) is 2.12. The minimum atomic E-state index is -0.863. The van der Waals surface area contributed by atoms with Crippen LogP contribution in [0.25, 0.3) is 0 Å². The molecule has 1 atom stereocenters. The number of carbonyl (C=O) groups is 2. The van der Waals surface area contributed by atoms with Crippen molar-refractivity contribution in [2.75, 3.05) is 6.54 Å². The van der Waals surface area contributed by atoms with Gasteiger partial charge in [0.2, 0.25) is 5.91 Å². The molecule has 0 spiro atoms. The van der Waals surface area contributed by atoms with Crippen LogP contribution >= 0.6 is 0 Å². The van der Waals surface area contributed by atoms with Gasteiger partial charge in [-0.3, -0.25) is 9.59 Å². The summed E-state index contributed by atoms with van der Waals surface area (Å²) < 4.78 is 4.59. The van der Waals surface area contributed by atoms with Crippen LogP contribution < -0.4 is 5.32 Å². The van der Waals surface area contributed by atoms with Crippen LogP contribution in [0.4, 0.5) is 0 Å². The van der Waals surface area contributed by atoms with E-state index in [4.69, 9.17) is 5.11 Å². The van der Waals surface area contributed by atoms with E-state index in [0.717, 1.165) is 0 Å². The smallest absolute Gasteiger partial charge is 0.303 e. The van der Waals surface area contributed by atoms with Gasteiger partial charge in [-0.15, -0.1) is 0 Å². The first-order chi connectivity index (χ1) is 7.58. The highest BCUT2D eigenvalue weighted by Gasteiger charge is 2.10. The van der Waals surface area contributed by atoms with Gasteiger partial charge in [-0.2, -0.15) is 0 Å². The zero-order valence-electron chi connectivity index (χ0n) is 8.97. The first-order valence-corrected chi connectivity index (χ1v) is 4.95. The van der Waals surface area contributed by atoms with Crippen LogP contribution in [-0.4, -0.2) is 28.7 Å². The Morgan fingerprint density at radius 3 is 2.94 bits per heavy atom. The van der Waals surface area contributed by atoms with Crippen molar-refractivity contribution in [2.24, 2.45) is 5.92 Å². The zero-order chi connectivity index (χ0) is 12.0. The van der Waals surface area contributed by atoms with E-state index in [1.54, 1.807) is 13.0 Å². The number of amides is 1. The van der Waals surface area contributed by atoms with Crippen molar-refractivity contribution in [3.63, 3.8) is 0 Å². The maximum Gasteiger partial charge on any atom is 0.303 e. The van der Waals surface area contributed by atoms with Gasteiger partial charge < -0.3 is 14.9 Å². The highest BCUT2D eigenvalue weighted by molar-refractivity contribution is 5.78. The Kier molecular flexibility index (Phi) is 4.50. The molecule has 1 unspecified atom stereocenters. The van der Waals surface area contributed by atoms with Crippen LogP contribution in [0.1, 0.15) is 19.0 Å². The van der Waals surface area contributed by atoms with Gasteiger partial charge in [0.05, 0.1) is 12.1 Å². The van der Waals surface area contributed by atoms with Crippen molar-refractivity contribution in [3.05, 3.63) is 18.0 Å². The van der Waals surface area contributed by atoms with Gasteiger partial charge in [0.15, 0.2) is 0 Å². The molecule has 0 aromatic carbocycles. The standard InChI is InChI=1S/C10H14N2O4/c1-7(4-10(14)15)6-11-9(13)5-8-2-3-16-12-8/h2-3,7H,4-6H2,1H3,(H,11,13)(H,14,15). The second-order valence-corrected chi connectivity index (χ2v) is 3.67. The van der Waals surface area contributed by atoms with Crippen LogP contribution in [-0.2, 0) is 16.0 Å². The molecular weight excluding hydrogens is 212 g/mol. The van der Waals surface area contributed by atoms with Crippen molar-refractivity contribution in [3.8, 4) is 0 Å². The van der Waals surface area contributed by atoms with Crippen molar-refractivity contribution in [1.29, 1.82) is 0 Å². The molecule has 0 aliphatic rings. The summed E-state index contributed by atoms with van der Waals surface area (Å²) in [6, 6.07) is 1.61. The van der Waals surface area contributed by atoms with Gasteiger partial charge >= 0.3 is 5.97 Å². The second kappa shape index (κ2) is 5.89. The van der Waals surface area contributed by atoms with E-state index < -0.39 is 5.97 Å². The fraction of sp³-hybridized carbons (Fsp3) is 0.500. The molecule has 1 rings (SSSR count). The monoisotopic (exact) mass is 226 g/mol. The number of nitrogens with zero attached hydrogens (tertiary/aromatic N) is 1. The molecule has 1 aromatic heterocycles. The molecular formula is C10H14N2O4. The highest BCUT2D eigenvalue weighted by Crippen LogP contribution is 2.00. The van der Waals surface area contributed by atoms with Gasteiger partial charge in [-0.1, -0.05) is 12.1 Å². The third-order valence-electron chi connectivity index (χ3n) is 2.00. The molecule has 0 aliphatic heterocycles. The van der Waals surface area contributed by atoms with Crippen LogP contribution in [0, 0.1) is 5.92 Å². The Labute approximate surface area is 92.6 Å². The van der Waals surface area contributed by atoms with Gasteiger partial charge in [0, 0.05) is 19.0 Å². The molecule has 16 heavy (non-hydrogen) atoms. The molecule has 1 heterocycles. The van der Waals surface area contributed by atoms with Gasteiger partial charge in [-0.05, 0) is 5.92 Å². The number of rotatable bonds is 6. The van der Waals surface area contributed by atoms with E-state index in [0.29, 0.717) is 12.2 Å². The molecule has 88 valence electrons. The first kappa shape index (κ1) is 12.2. The van der Waals surface area contributed by atoms with Crippen molar-refractivity contribution < 1.29 is 19.2 Å². The maximum atomic E-state index is 11.4. The van der Waals surface area contributed by atoms with Crippen LogP contribution in [0.15, 0.2) is 16.9 Å². The molecule has 1 aromatic rings. The van der Waals surface area contributed by atoms with E-state index in [2.05, 4.69) is 15.0 Å². The average molecular weight is 226 g/mol. The average Bonchev–Trinajstić information content (AvgIpc) is 2.66. The number of nitrogens with one attached hydrogen (secondary N) is 1. The third kappa shape index (κ3) is 4.59. The predicted molar refractivity (Wildman–Crippen MR) is 54.6 cm³/mol. The fourth-order valence-electron chi connectivity index (χ4n) is 1.21. The van der Waals surface area contributed by atoms with E-state index >= 15 is 0 Å². The van der Waals surface area contributed by atoms with Crippen LogP contribution in [0.3, 0.4) is 0 Å². The number of carboxylic acid groups (broad SMARTS) is 1. The Hall–Kier alpha value is -1.85. The summed E-state index contributed by atoms with van der Waals surface area (Å²) >= 11 is 0. The van der Waals surface area contributed by atoms with E-state index in [-0.39, 0.29) is 24.7 Å². The van der Waals surface area contributed by atoms with Crippen LogP contribution in [0.2, 0.25) is 0 Å².